The molecule has 5 heteroatoms. The number of fused-ring (bicyclic) bond motifs is 1. The average Bonchev–Trinajstić information content (AvgIpc) is 2.62. The van der Waals surface area contributed by atoms with Crippen LogP contribution in [0.5, 0.6) is 0 Å². The van der Waals surface area contributed by atoms with Gasteiger partial charge in [0.1, 0.15) is 5.58 Å². The second kappa shape index (κ2) is 7.76. The van der Waals surface area contributed by atoms with Gasteiger partial charge in [0.25, 0.3) is 5.91 Å². The monoisotopic (exact) mass is 364 g/mol. The molecule has 27 heavy (non-hydrogen) atoms. The summed E-state index contributed by atoms with van der Waals surface area (Å²) >= 11 is 0. The molecule has 2 aromatic carbocycles. The van der Waals surface area contributed by atoms with Crippen molar-refractivity contribution in [3.63, 3.8) is 0 Å². The van der Waals surface area contributed by atoms with Gasteiger partial charge in [-0.25, -0.2) is 0 Å². The van der Waals surface area contributed by atoms with Crippen LogP contribution < -0.4 is 10.7 Å². The minimum Gasteiger partial charge on any atom is -0.451 e. The summed E-state index contributed by atoms with van der Waals surface area (Å²) < 4.78 is 5.67. The number of likely N-dealkylation sites (N-methyl/N-ethyl adjacent to an activating group) is 1. The third-order valence-corrected chi connectivity index (χ3v) is 4.65. The van der Waals surface area contributed by atoms with Gasteiger partial charge in [0.05, 0.1) is 11.4 Å². The van der Waals surface area contributed by atoms with Crippen LogP contribution >= 0.6 is 0 Å². The third-order valence-electron chi connectivity index (χ3n) is 4.65. The topological polar surface area (TPSA) is 62.6 Å². The molecule has 1 atom stereocenters. The van der Waals surface area contributed by atoms with Crippen LogP contribution in [-0.4, -0.2) is 31.4 Å². The number of carbonyl (C=O) groups is 1. The summed E-state index contributed by atoms with van der Waals surface area (Å²) in [4.78, 5) is 26.9. The van der Waals surface area contributed by atoms with Gasteiger partial charge in [0.15, 0.2) is 11.2 Å². The summed E-state index contributed by atoms with van der Waals surface area (Å²) in [5, 5.41) is 3.36. The largest absolute Gasteiger partial charge is 0.451 e. The molecule has 1 unspecified atom stereocenters. The maximum Gasteiger partial charge on any atom is 0.287 e. The Morgan fingerprint density at radius 2 is 1.70 bits per heavy atom. The summed E-state index contributed by atoms with van der Waals surface area (Å²) in [6.07, 6.45) is 0. The van der Waals surface area contributed by atoms with Crippen LogP contribution in [0.1, 0.15) is 33.3 Å². The van der Waals surface area contributed by atoms with Crippen molar-refractivity contribution in [1.82, 2.24) is 10.2 Å². The van der Waals surface area contributed by atoms with Crippen molar-refractivity contribution in [2.45, 2.75) is 19.9 Å². The Hall–Kier alpha value is -2.92. The average molecular weight is 364 g/mol. The van der Waals surface area contributed by atoms with Gasteiger partial charge in [-0.2, -0.15) is 0 Å². The number of aryl methyl sites for hydroxylation is 2. The molecule has 0 aliphatic carbocycles. The first kappa shape index (κ1) is 18.9. The minimum absolute atomic E-state index is 0.0176. The van der Waals surface area contributed by atoms with E-state index in [1.807, 2.05) is 38.9 Å². The molecule has 140 valence electrons. The van der Waals surface area contributed by atoms with Crippen molar-refractivity contribution in [2.24, 2.45) is 0 Å². The Bertz CT molecular complexity index is 1020. The van der Waals surface area contributed by atoms with Gasteiger partial charge in [0, 0.05) is 12.6 Å². The first-order chi connectivity index (χ1) is 12.8. The van der Waals surface area contributed by atoms with E-state index in [4.69, 9.17) is 4.42 Å². The molecule has 0 fully saturated rings. The Kier molecular flexibility index (Phi) is 5.42. The zero-order valence-corrected chi connectivity index (χ0v) is 16.1. The van der Waals surface area contributed by atoms with Gasteiger partial charge in [-0.05, 0) is 51.2 Å². The van der Waals surface area contributed by atoms with E-state index in [0.29, 0.717) is 17.5 Å². The second-order valence-corrected chi connectivity index (χ2v) is 7.07. The highest BCUT2D eigenvalue weighted by molar-refractivity contribution is 5.93. The third kappa shape index (κ3) is 4.26. The number of amides is 1. The fraction of sp³-hybridized carbons (Fsp3) is 0.273. The molecule has 1 heterocycles. The zero-order chi connectivity index (χ0) is 19.6. The smallest absolute Gasteiger partial charge is 0.287 e. The fourth-order valence-corrected chi connectivity index (χ4v) is 3.04. The lowest BCUT2D eigenvalue weighted by molar-refractivity contribution is 0.0914. The molecule has 3 rings (SSSR count). The minimum atomic E-state index is -0.394. The number of hydrogen-bond donors (Lipinski definition) is 1. The SMILES string of the molecule is Cc1ccc(C(CNC(=O)c2cc(=O)c3ccc(C)cc3o2)N(C)C)cc1. The van der Waals surface area contributed by atoms with E-state index >= 15 is 0 Å². The summed E-state index contributed by atoms with van der Waals surface area (Å²) in [5.74, 6) is -0.367. The fourth-order valence-electron chi connectivity index (χ4n) is 3.04. The summed E-state index contributed by atoms with van der Waals surface area (Å²) in [5.41, 5.74) is 3.48. The number of nitrogens with one attached hydrogen (secondary N) is 1. The van der Waals surface area contributed by atoms with Crippen LogP contribution in [0.25, 0.3) is 11.0 Å². The Balaban J connectivity index is 1.81. The highest BCUT2D eigenvalue weighted by atomic mass is 16.3. The predicted molar refractivity (Wildman–Crippen MR) is 107 cm³/mol. The predicted octanol–water partition coefficient (Wildman–Crippen LogP) is 3.44. The number of carbonyl (C=O) groups excluding carboxylic acids is 1. The maximum absolute atomic E-state index is 12.6. The lowest BCUT2D eigenvalue weighted by Crippen LogP contribution is -2.34. The zero-order valence-electron chi connectivity index (χ0n) is 16.1. The van der Waals surface area contributed by atoms with Crippen LogP contribution in [0.15, 0.2) is 57.7 Å². The quantitative estimate of drug-likeness (QED) is 0.753. The normalized spacial score (nSPS) is 12.3. The maximum atomic E-state index is 12.6. The van der Waals surface area contributed by atoms with Crippen LogP contribution in [0, 0.1) is 13.8 Å². The molecule has 1 amide bonds. The Morgan fingerprint density at radius 1 is 1.04 bits per heavy atom. The molecule has 1 aromatic heterocycles. The number of hydrogen-bond acceptors (Lipinski definition) is 4. The summed E-state index contributed by atoms with van der Waals surface area (Å²) in [6, 6.07) is 14.8. The van der Waals surface area contributed by atoms with Crippen LogP contribution in [0.3, 0.4) is 0 Å². The number of nitrogens with zero attached hydrogens (tertiary/aromatic N) is 1. The van der Waals surface area contributed by atoms with Crippen molar-refractivity contribution in [2.75, 3.05) is 20.6 Å². The lowest BCUT2D eigenvalue weighted by atomic mass is 10.0. The van der Waals surface area contributed by atoms with E-state index in [0.717, 1.165) is 11.1 Å². The molecule has 3 aromatic rings. The van der Waals surface area contributed by atoms with Gasteiger partial charge in [-0.3, -0.25) is 9.59 Å². The van der Waals surface area contributed by atoms with Crippen LogP contribution in [0.4, 0.5) is 0 Å². The highest BCUT2D eigenvalue weighted by Crippen LogP contribution is 2.19. The van der Waals surface area contributed by atoms with Crippen molar-refractivity contribution in [3.05, 3.63) is 81.2 Å². The lowest BCUT2D eigenvalue weighted by Gasteiger charge is -2.25. The van der Waals surface area contributed by atoms with Crippen LogP contribution in [0.2, 0.25) is 0 Å². The van der Waals surface area contributed by atoms with E-state index < -0.39 is 5.91 Å². The van der Waals surface area contributed by atoms with E-state index in [9.17, 15) is 9.59 Å². The molecule has 0 bridgehead atoms. The molecule has 0 saturated carbocycles. The van der Waals surface area contributed by atoms with Crippen molar-refractivity contribution >= 4 is 16.9 Å². The molecule has 0 spiro atoms. The molecule has 1 N–H and O–H groups in total. The second-order valence-electron chi connectivity index (χ2n) is 7.07. The molecule has 5 nitrogen and oxygen atoms in total. The molecule has 0 saturated heterocycles. The first-order valence-electron chi connectivity index (χ1n) is 8.91. The number of rotatable bonds is 5. The Labute approximate surface area is 158 Å². The van der Waals surface area contributed by atoms with Crippen molar-refractivity contribution in [3.8, 4) is 0 Å². The first-order valence-corrected chi connectivity index (χ1v) is 8.91. The summed E-state index contributed by atoms with van der Waals surface area (Å²) in [6.45, 7) is 4.36. The molecule has 0 aliphatic heterocycles. The van der Waals surface area contributed by atoms with E-state index in [-0.39, 0.29) is 17.2 Å². The van der Waals surface area contributed by atoms with Gasteiger partial charge in [0.2, 0.25) is 0 Å². The van der Waals surface area contributed by atoms with Gasteiger partial charge < -0.3 is 14.6 Å². The molecule has 0 radical (unpaired) electrons. The molecular weight excluding hydrogens is 340 g/mol. The van der Waals surface area contributed by atoms with E-state index in [1.54, 1.807) is 12.1 Å². The molecule has 0 aliphatic rings. The van der Waals surface area contributed by atoms with Gasteiger partial charge >= 0.3 is 0 Å². The standard InChI is InChI=1S/C22H24N2O3/c1-14-5-8-16(9-6-14)18(24(3)4)13-23-22(26)21-12-19(25)17-10-7-15(2)11-20(17)27-21/h5-12,18H,13H2,1-4H3,(H,23,26). The van der Waals surface area contributed by atoms with E-state index in [2.05, 4.69) is 29.6 Å². The van der Waals surface area contributed by atoms with Gasteiger partial charge in [-0.1, -0.05) is 35.9 Å². The van der Waals surface area contributed by atoms with Gasteiger partial charge in [-0.15, -0.1) is 0 Å². The van der Waals surface area contributed by atoms with Crippen molar-refractivity contribution in [1.29, 1.82) is 0 Å². The Morgan fingerprint density at radius 3 is 2.37 bits per heavy atom. The van der Waals surface area contributed by atoms with Crippen LogP contribution in [-0.2, 0) is 0 Å². The summed E-state index contributed by atoms with van der Waals surface area (Å²) in [7, 11) is 3.94. The highest BCUT2D eigenvalue weighted by Gasteiger charge is 2.18. The number of benzene rings is 2. The van der Waals surface area contributed by atoms with Crippen molar-refractivity contribution < 1.29 is 9.21 Å². The molecular formula is C22H24N2O3. The van der Waals surface area contributed by atoms with E-state index in [1.165, 1.54) is 11.6 Å².